The van der Waals surface area contributed by atoms with Gasteiger partial charge in [-0.2, -0.15) is 0 Å². The molecule has 1 aromatic carbocycles. The number of hydrogen-bond acceptors (Lipinski definition) is 2. The predicted molar refractivity (Wildman–Crippen MR) is 55.7 cm³/mol. The van der Waals surface area contributed by atoms with Crippen molar-refractivity contribution in [2.75, 3.05) is 14.2 Å². The van der Waals surface area contributed by atoms with Crippen molar-refractivity contribution in [3.05, 3.63) is 28.8 Å². The highest BCUT2D eigenvalue weighted by atomic mass is 35.5. The number of rotatable bonds is 3. The Morgan fingerprint density at radius 2 is 2.15 bits per heavy atom. The Bertz CT molecular complexity index is 291. The Kier molecular flexibility index (Phi) is 3.85. The Morgan fingerprint density at radius 1 is 1.46 bits per heavy atom. The second kappa shape index (κ2) is 4.70. The van der Waals surface area contributed by atoms with Crippen LogP contribution in [0.2, 0.25) is 5.02 Å². The van der Waals surface area contributed by atoms with Crippen molar-refractivity contribution in [3.63, 3.8) is 0 Å². The topological polar surface area (TPSA) is 21.3 Å². The summed E-state index contributed by atoms with van der Waals surface area (Å²) < 4.78 is 5.02. The standard InChI is InChI=1S/C9H11Cl2NO/c1-12-9(11)6-3-4-8(13-2)7(10)5-6/h3-5,9,12H,1-2H3. The third-order valence-corrected chi connectivity index (χ3v) is 2.49. The van der Waals surface area contributed by atoms with E-state index >= 15 is 0 Å². The first-order valence-corrected chi connectivity index (χ1v) is 4.65. The summed E-state index contributed by atoms with van der Waals surface area (Å²) in [7, 11) is 3.37. The van der Waals surface area contributed by atoms with Crippen LogP contribution in [0, 0.1) is 0 Å². The van der Waals surface area contributed by atoms with Gasteiger partial charge in [-0.15, -0.1) is 11.6 Å². The van der Waals surface area contributed by atoms with Gasteiger partial charge in [0.15, 0.2) is 0 Å². The van der Waals surface area contributed by atoms with Gasteiger partial charge in [0.05, 0.1) is 12.1 Å². The van der Waals surface area contributed by atoms with E-state index in [9.17, 15) is 0 Å². The van der Waals surface area contributed by atoms with Crippen LogP contribution >= 0.6 is 23.2 Å². The van der Waals surface area contributed by atoms with Gasteiger partial charge in [0.25, 0.3) is 0 Å². The lowest BCUT2D eigenvalue weighted by atomic mass is 10.2. The second-order valence-electron chi connectivity index (χ2n) is 2.55. The summed E-state index contributed by atoms with van der Waals surface area (Å²) >= 11 is 11.9. The van der Waals surface area contributed by atoms with E-state index in [4.69, 9.17) is 27.9 Å². The van der Waals surface area contributed by atoms with E-state index < -0.39 is 0 Å². The third kappa shape index (κ3) is 2.50. The summed E-state index contributed by atoms with van der Waals surface area (Å²) in [5.41, 5.74) is 0.707. The van der Waals surface area contributed by atoms with Crippen LogP contribution in [0.3, 0.4) is 0 Å². The van der Waals surface area contributed by atoms with Gasteiger partial charge in [-0.1, -0.05) is 17.7 Å². The second-order valence-corrected chi connectivity index (χ2v) is 3.39. The zero-order chi connectivity index (χ0) is 9.84. The van der Waals surface area contributed by atoms with Gasteiger partial charge in [0.2, 0.25) is 0 Å². The van der Waals surface area contributed by atoms with Crippen molar-refractivity contribution < 1.29 is 4.74 Å². The summed E-state index contributed by atoms with van der Waals surface area (Å²) in [6.45, 7) is 0. The van der Waals surface area contributed by atoms with E-state index in [1.165, 1.54) is 0 Å². The maximum absolute atomic E-state index is 5.95. The van der Waals surface area contributed by atoms with E-state index in [1.54, 1.807) is 26.3 Å². The Labute approximate surface area is 87.8 Å². The highest BCUT2D eigenvalue weighted by Crippen LogP contribution is 2.28. The Morgan fingerprint density at radius 3 is 2.62 bits per heavy atom. The van der Waals surface area contributed by atoms with Gasteiger partial charge in [-0.3, -0.25) is 0 Å². The molecule has 2 nitrogen and oxygen atoms in total. The fraction of sp³-hybridized carbons (Fsp3) is 0.333. The molecule has 0 spiro atoms. The van der Waals surface area contributed by atoms with Gasteiger partial charge in [0.1, 0.15) is 11.3 Å². The minimum absolute atomic E-state index is 0.219. The van der Waals surface area contributed by atoms with Crippen LogP contribution in [0.1, 0.15) is 11.1 Å². The zero-order valence-electron chi connectivity index (χ0n) is 7.47. The van der Waals surface area contributed by atoms with E-state index in [-0.39, 0.29) is 5.50 Å². The predicted octanol–water partition coefficient (Wildman–Crippen LogP) is 2.81. The zero-order valence-corrected chi connectivity index (χ0v) is 8.99. The molecule has 0 aliphatic carbocycles. The molecule has 4 heteroatoms. The van der Waals surface area contributed by atoms with Crippen LogP contribution in [0.4, 0.5) is 0 Å². The summed E-state index contributed by atoms with van der Waals surface area (Å²) in [5, 5.41) is 3.48. The maximum Gasteiger partial charge on any atom is 0.137 e. The summed E-state index contributed by atoms with van der Waals surface area (Å²) in [4.78, 5) is 0. The highest BCUT2D eigenvalue weighted by molar-refractivity contribution is 6.32. The molecule has 0 saturated heterocycles. The molecule has 1 atom stereocenters. The molecule has 1 aromatic rings. The fourth-order valence-electron chi connectivity index (χ4n) is 1.01. The molecule has 1 unspecified atom stereocenters. The molecule has 0 fully saturated rings. The molecule has 0 bridgehead atoms. The van der Waals surface area contributed by atoms with Crippen LogP contribution in [-0.2, 0) is 0 Å². The van der Waals surface area contributed by atoms with Crippen molar-refractivity contribution in [2.24, 2.45) is 0 Å². The van der Waals surface area contributed by atoms with Crippen molar-refractivity contribution in [2.45, 2.75) is 5.50 Å². The van der Waals surface area contributed by atoms with Crippen molar-refractivity contribution >= 4 is 23.2 Å². The van der Waals surface area contributed by atoms with E-state index in [2.05, 4.69) is 5.32 Å². The van der Waals surface area contributed by atoms with Gasteiger partial charge in [0, 0.05) is 0 Å². The van der Waals surface area contributed by atoms with Crippen LogP contribution in [-0.4, -0.2) is 14.2 Å². The molecule has 13 heavy (non-hydrogen) atoms. The first-order chi connectivity index (χ1) is 6.19. The van der Waals surface area contributed by atoms with Crippen molar-refractivity contribution in [1.29, 1.82) is 0 Å². The average molecular weight is 220 g/mol. The van der Waals surface area contributed by atoms with Gasteiger partial charge < -0.3 is 10.1 Å². The molecule has 0 saturated carbocycles. The van der Waals surface area contributed by atoms with Gasteiger partial charge in [-0.25, -0.2) is 0 Å². The quantitative estimate of drug-likeness (QED) is 0.624. The van der Waals surface area contributed by atoms with Crippen LogP contribution in [0.15, 0.2) is 18.2 Å². The molecule has 0 radical (unpaired) electrons. The third-order valence-electron chi connectivity index (χ3n) is 1.72. The number of halogens is 2. The molecular weight excluding hydrogens is 209 g/mol. The summed E-state index contributed by atoms with van der Waals surface area (Å²) in [5.74, 6) is 0.658. The number of benzene rings is 1. The van der Waals surface area contributed by atoms with Crippen LogP contribution in [0.25, 0.3) is 0 Å². The van der Waals surface area contributed by atoms with Crippen LogP contribution < -0.4 is 10.1 Å². The lowest BCUT2D eigenvalue weighted by Crippen LogP contribution is -2.09. The maximum atomic E-state index is 5.95. The number of hydrogen-bond donors (Lipinski definition) is 1. The number of alkyl halides is 1. The van der Waals surface area contributed by atoms with E-state index in [0.717, 1.165) is 5.56 Å². The molecule has 0 aliphatic rings. The Balaban J connectivity index is 2.95. The molecule has 0 amide bonds. The lowest BCUT2D eigenvalue weighted by molar-refractivity contribution is 0.415. The lowest BCUT2D eigenvalue weighted by Gasteiger charge is -2.10. The van der Waals surface area contributed by atoms with E-state index in [0.29, 0.717) is 10.8 Å². The molecule has 72 valence electrons. The molecule has 0 aliphatic heterocycles. The van der Waals surface area contributed by atoms with Crippen molar-refractivity contribution in [3.8, 4) is 5.75 Å². The minimum atomic E-state index is -0.219. The minimum Gasteiger partial charge on any atom is -0.495 e. The number of methoxy groups -OCH3 is 1. The van der Waals surface area contributed by atoms with Crippen LogP contribution in [0.5, 0.6) is 5.75 Å². The number of nitrogens with one attached hydrogen (secondary N) is 1. The smallest absolute Gasteiger partial charge is 0.137 e. The summed E-state index contributed by atoms with van der Waals surface area (Å²) in [6.07, 6.45) is 0. The molecule has 0 heterocycles. The molecule has 1 rings (SSSR count). The van der Waals surface area contributed by atoms with Gasteiger partial charge in [-0.05, 0) is 24.7 Å². The first-order valence-electron chi connectivity index (χ1n) is 3.83. The first kappa shape index (κ1) is 10.6. The highest BCUT2D eigenvalue weighted by Gasteiger charge is 2.07. The monoisotopic (exact) mass is 219 g/mol. The molecule has 1 N–H and O–H groups in total. The SMILES string of the molecule is CNC(Cl)c1ccc(OC)c(Cl)c1. The Hall–Kier alpha value is -0.440. The fourth-order valence-corrected chi connectivity index (χ4v) is 1.41. The van der Waals surface area contributed by atoms with Crippen molar-refractivity contribution in [1.82, 2.24) is 5.32 Å². The molecular formula is C9H11Cl2NO. The van der Waals surface area contributed by atoms with E-state index in [1.807, 2.05) is 6.07 Å². The largest absolute Gasteiger partial charge is 0.495 e. The normalized spacial score (nSPS) is 12.6. The summed E-state index contributed by atoms with van der Waals surface area (Å²) in [6, 6.07) is 5.46. The average Bonchev–Trinajstić information content (AvgIpc) is 2.16. The number of ether oxygens (including phenoxy) is 1. The van der Waals surface area contributed by atoms with Gasteiger partial charge >= 0.3 is 0 Å². The molecule has 0 aromatic heterocycles.